The molecule has 1 aliphatic rings. The van der Waals surface area contributed by atoms with Gasteiger partial charge in [0.1, 0.15) is 10.8 Å². The van der Waals surface area contributed by atoms with Crippen molar-refractivity contribution in [3.8, 4) is 0 Å². The second kappa shape index (κ2) is 8.24. The molecular weight excluding hydrogens is 375 g/mol. The van der Waals surface area contributed by atoms with Gasteiger partial charge in [0.05, 0.1) is 16.3 Å². The highest BCUT2D eigenvalue weighted by Crippen LogP contribution is 2.29. The second-order valence-corrected chi connectivity index (χ2v) is 8.07. The molecule has 3 aromatic rings. The maximum absolute atomic E-state index is 13.0. The van der Waals surface area contributed by atoms with Crippen LogP contribution in [0.2, 0.25) is 0 Å². The summed E-state index contributed by atoms with van der Waals surface area (Å²) >= 11 is 1.74. The SMILES string of the molecule is C[C@H](c1nc2ccccc2s1)N1CCN(C(=O)NCc2ccc(F)cc2)CC1. The maximum Gasteiger partial charge on any atom is 0.317 e. The average Bonchev–Trinajstić information content (AvgIpc) is 3.17. The number of nitrogens with one attached hydrogen (secondary N) is 1. The van der Waals surface area contributed by atoms with Crippen LogP contribution in [0.3, 0.4) is 0 Å². The fourth-order valence-corrected chi connectivity index (χ4v) is 4.48. The number of benzene rings is 2. The number of aromatic nitrogens is 1. The van der Waals surface area contributed by atoms with Gasteiger partial charge in [-0.1, -0.05) is 24.3 Å². The lowest BCUT2D eigenvalue weighted by atomic mass is 10.2. The summed E-state index contributed by atoms with van der Waals surface area (Å²) in [5, 5.41) is 4.04. The Labute approximate surface area is 167 Å². The van der Waals surface area contributed by atoms with Crippen LogP contribution < -0.4 is 5.32 Å². The van der Waals surface area contributed by atoms with Crippen LogP contribution in [0.25, 0.3) is 10.2 Å². The van der Waals surface area contributed by atoms with Crippen LogP contribution in [0.15, 0.2) is 48.5 Å². The van der Waals surface area contributed by atoms with E-state index in [4.69, 9.17) is 4.98 Å². The first kappa shape index (κ1) is 18.8. The lowest BCUT2D eigenvalue weighted by Gasteiger charge is -2.37. The molecule has 1 aromatic heterocycles. The Balaban J connectivity index is 1.29. The fourth-order valence-electron chi connectivity index (χ4n) is 3.43. The van der Waals surface area contributed by atoms with Crippen molar-refractivity contribution in [3.05, 3.63) is 64.9 Å². The first-order chi connectivity index (χ1) is 13.6. The molecule has 4 rings (SSSR count). The van der Waals surface area contributed by atoms with Crippen LogP contribution in [0.5, 0.6) is 0 Å². The molecule has 2 heterocycles. The van der Waals surface area contributed by atoms with Crippen molar-refractivity contribution in [2.45, 2.75) is 19.5 Å². The van der Waals surface area contributed by atoms with E-state index in [1.807, 2.05) is 23.1 Å². The molecule has 0 aliphatic carbocycles. The predicted molar refractivity (Wildman–Crippen MR) is 110 cm³/mol. The Morgan fingerprint density at radius 3 is 2.57 bits per heavy atom. The van der Waals surface area contributed by atoms with Crippen molar-refractivity contribution in [1.82, 2.24) is 20.1 Å². The van der Waals surface area contributed by atoms with Gasteiger partial charge in [-0.25, -0.2) is 14.2 Å². The molecule has 1 atom stereocenters. The Kier molecular flexibility index (Phi) is 5.54. The highest BCUT2D eigenvalue weighted by molar-refractivity contribution is 7.18. The molecule has 1 N–H and O–H groups in total. The fraction of sp³-hybridized carbons (Fsp3) is 0.333. The molecule has 28 heavy (non-hydrogen) atoms. The molecule has 2 amide bonds. The Morgan fingerprint density at radius 1 is 1.14 bits per heavy atom. The number of piperazine rings is 1. The number of carbonyl (C=O) groups is 1. The molecule has 0 saturated carbocycles. The Morgan fingerprint density at radius 2 is 1.86 bits per heavy atom. The molecule has 5 nitrogen and oxygen atoms in total. The molecular formula is C21H23FN4OS. The number of fused-ring (bicyclic) bond motifs is 1. The van der Waals surface area contributed by atoms with E-state index in [0.29, 0.717) is 19.6 Å². The van der Waals surface area contributed by atoms with E-state index in [0.717, 1.165) is 29.2 Å². The topological polar surface area (TPSA) is 48.5 Å². The molecule has 0 spiro atoms. The summed E-state index contributed by atoms with van der Waals surface area (Å²) in [5.74, 6) is -0.270. The normalized spacial score (nSPS) is 16.3. The summed E-state index contributed by atoms with van der Waals surface area (Å²) in [6, 6.07) is 14.6. The van der Waals surface area contributed by atoms with Crippen LogP contribution in [-0.2, 0) is 6.54 Å². The smallest absolute Gasteiger partial charge is 0.317 e. The average molecular weight is 399 g/mol. The molecule has 0 bridgehead atoms. The molecule has 1 saturated heterocycles. The van der Waals surface area contributed by atoms with E-state index in [-0.39, 0.29) is 17.9 Å². The molecule has 1 aliphatic heterocycles. The number of carbonyl (C=O) groups excluding carboxylic acids is 1. The molecule has 146 valence electrons. The van der Waals surface area contributed by atoms with Gasteiger partial charge < -0.3 is 10.2 Å². The van der Waals surface area contributed by atoms with Crippen molar-refractivity contribution in [3.63, 3.8) is 0 Å². The van der Waals surface area contributed by atoms with Gasteiger partial charge in [0.2, 0.25) is 0 Å². The van der Waals surface area contributed by atoms with Crippen LogP contribution in [0.4, 0.5) is 9.18 Å². The zero-order valence-corrected chi connectivity index (χ0v) is 16.6. The van der Waals surface area contributed by atoms with Crippen molar-refractivity contribution in [1.29, 1.82) is 0 Å². The standard InChI is InChI=1S/C21H23FN4OS/c1-15(20-24-18-4-2-3-5-19(18)28-20)25-10-12-26(13-11-25)21(27)23-14-16-6-8-17(22)9-7-16/h2-9,15H,10-14H2,1H3,(H,23,27)/t15-/m1/s1. The molecule has 2 aromatic carbocycles. The summed E-state index contributed by atoms with van der Waals surface area (Å²) in [5.41, 5.74) is 1.94. The summed E-state index contributed by atoms with van der Waals surface area (Å²) in [4.78, 5) is 21.4. The third-order valence-corrected chi connectivity index (χ3v) is 6.38. The number of nitrogens with zero attached hydrogens (tertiary/aromatic N) is 3. The van der Waals surface area contributed by atoms with E-state index in [1.165, 1.54) is 16.8 Å². The second-order valence-electron chi connectivity index (χ2n) is 7.00. The largest absolute Gasteiger partial charge is 0.334 e. The quantitative estimate of drug-likeness (QED) is 0.722. The Bertz CT molecular complexity index is 917. The van der Waals surface area contributed by atoms with Gasteiger partial charge in [0, 0.05) is 32.7 Å². The highest BCUT2D eigenvalue weighted by atomic mass is 32.1. The van der Waals surface area contributed by atoms with E-state index < -0.39 is 0 Å². The van der Waals surface area contributed by atoms with Crippen LogP contribution in [-0.4, -0.2) is 47.0 Å². The third kappa shape index (κ3) is 4.15. The van der Waals surface area contributed by atoms with Gasteiger partial charge in [-0.05, 0) is 36.8 Å². The number of amides is 2. The van der Waals surface area contributed by atoms with Gasteiger partial charge >= 0.3 is 6.03 Å². The van der Waals surface area contributed by atoms with Crippen LogP contribution in [0.1, 0.15) is 23.5 Å². The maximum atomic E-state index is 13.0. The highest BCUT2D eigenvalue weighted by Gasteiger charge is 2.26. The monoisotopic (exact) mass is 398 g/mol. The first-order valence-corrected chi connectivity index (χ1v) is 10.3. The zero-order valence-electron chi connectivity index (χ0n) is 15.8. The number of hydrogen-bond donors (Lipinski definition) is 1. The molecule has 0 radical (unpaired) electrons. The van der Waals surface area contributed by atoms with Crippen molar-refractivity contribution >= 4 is 27.6 Å². The van der Waals surface area contributed by atoms with E-state index >= 15 is 0 Å². The van der Waals surface area contributed by atoms with Crippen molar-refractivity contribution in [2.24, 2.45) is 0 Å². The number of urea groups is 1. The molecule has 0 unspecified atom stereocenters. The van der Waals surface area contributed by atoms with E-state index in [2.05, 4.69) is 23.2 Å². The molecule has 7 heteroatoms. The molecule has 1 fully saturated rings. The lowest BCUT2D eigenvalue weighted by Crippen LogP contribution is -2.52. The number of thiazole rings is 1. The summed E-state index contributed by atoms with van der Waals surface area (Å²) in [7, 11) is 0. The van der Waals surface area contributed by atoms with Crippen molar-refractivity contribution < 1.29 is 9.18 Å². The van der Waals surface area contributed by atoms with Gasteiger partial charge in [0.15, 0.2) is 0 Å². The minimum absolute atomic E-state index is 0.0726. The first-order valence-electron chi connectivity index (χ1n) is 9.47. The number of halogens is 1. The summed E-state index contributed by atoms with van der Waals surface area (Å²) < 4.78 is 14.2. The minimum Gasteiger partial charge on any atom is -0.334 e. The predicted octanol–water partition coefficient (Wildman–Crippen LogP) is 4.02. The number of hydrogen-bond acceptors (Lipinski definition) is 4. The third-order valence-electron chi connectivity index (χ3n) is 5.17. The Hall–Kier alpha value is -2.51. The zero-order chi connectivity index (χ0) is 19.5. The van der Waals surface area contributed by atoms with Gasteiger partial charge in [-0.15, -0.1) is 11.3 Å². The summed E-state index contributed by atoms with van der Waals surface area (Å²) in [6.45, 7) is 5.60. The van der Waals surface area contributed by atoms with Crippen LogP contribution >= 0.6 is 11.3 Å². The van der Waals surface area contributed by atoms with Crippen LogP contribution in [0, 0.1) is 5.82 Å². The van der Waals surface area contributed by atoms with Gasteiger partial charge in [0.25, 0.3) is 0 Å². The summed E-state index contributed by atoms with van der Waals surface area (Å²) in [6.07, 6.45) is 0. The minimum atomic E-state index is -0.270. The number of rotatable bonds is 4. The lowest BCUT2D eigenvalue weighted by molar-refractivity contribution is 0.114. The van der Waals surface area contributed by atoms with E-state index in [9.17, 15) is 9.18 Å². The van der Waals surface area contributed by atoms with Crippen molar-refractivity contribution in [2.75, 3.05) is 26.2 Å². The van der Waals surface area contributed by atoms with Gasteiger partial charge in [-0.3, -0.25) is 4.90 Å². The number of para-hydroxylation sites is 1. The van der Waals surface area contributed by atoms with E-state index in [1.54, 1.807) is 23.5 Å². The van der Waals surface area contributed by atoms with Gasteiger partial charge in [-0.2, -0.15) is 0 Å².